The van der Waals surface area contributed by atoms with Gasteiger partial charge >= 0.3 is 0 Å². The van der Waals surface area contributed by atoms with E-state index in [9.17, 15) is 4.79 Å². The SMILES string of the molecule is Cl.[2H]C1([2H])N(C(CCCC)C(=O)c2ccc(C)cc2)C([2H])([2H])C([2H])([2H])C1([2H])[2H]. The summed E-state index contributed by atoms with van der Waals surface area (Å²) < 4.78 is 64.6. The van der Waals surface area contributed by atoms with E-state index in [0.717, 1.165) is 5.56 Å². The van der Waals surface area contributed by atoms with E-state index in [4.69, 9.17) is 11.0 Å². The van der Waals surface area contributed by atoms with Gasteiger partial charge in [0.1, 0.15) is 0 Å². The topological polar surface area (TPSA) is 20.3 Å². The quantitative estimate of drug-likeness (QED) is 0.732. The summed E-state index contributed by atoms with van der Waals surface area (Å²) in [6.45, 7) is -2.28. The van der Waals surface area contributed by atoms with Crippen LogP contribution in [0.3, 0.4) is 0 Å². The molecule has 0 radical (unpaired) electrons. The first-order chi connectivity index (χ1) is 12.2. The molecule has 1 aromatic rings. The van der Waals surface area contributed by atoms with Crippen LogP contribution in [0.25, 0.3) is 0 Å². The largest absolute Gasteiger partial charge is 0.293 e. The van der Waals surface area contributed by atoms with Crippen LogP contribution in [0.4, 0.5) is 0 Å². The molecule has 1 atom stereocenters. The summed E-state index contributed by atoms with van der Waals surface area (Å²) in [5.41, 5.74) is 1.19. The van der Waals surface area contributed by atoms with Gasteiger partial charge in [0, 0.05) is 16.5 Å². The number of Topliss-reactive ketones (excluding diaryl/α,β-unsaturated/α-hetero) is 1. The highest BCUT2D eigenvalue weighted by atomic mass is 35.5. The Bertz CT molecular complexity index is 682. The lowest BCUT2D eigenvalue weighted by Crippen LogP contribution is -2.39. The molecule has 0 N–H and O–H groups in total. The van der Waals surface area contributed by atoms with E-state index in [-0.39, 0.29) is 24.4 Å². The number of carbonyl (C=O) groups is 1. The van der Waals surface area contributed by atoms with Crippen LogP contribution in [-0.2, 0) is 0 Å². The number of likely N-dealkylation sites (tertiary alicyclic amines) is 1. The van der Waals surface area contributed by atoms with Gasteiger partial charge in [-0.1, -0.05) is 49.6 Å². The van der Waals surface area contributed by atoms with Crippen LogP contribution in [0.2, 0.25) is 0 Å². The Morgan fingerprint density at radius 3 is 2.45 bits per heavy atom. The second-order valence-electron chi connectivity index (χ2n) is 4.73. The molecule has 20 heavy (non-hydrogen) atoms. The Labute approximate surface area is 140 Å². The molecule has 1 saturated heterocycles. The molecule has 1 aliphatic rings. The molecule has 0 aromatic heterocycles. The van der Waals surface area contributed by atoms with E-state index in [0.29, 0.717) is 17.7 Å². The highest BCUT2D eigenvalue weighted by molar-refractivity contribution is 6.00. The van der Waals surface area contributed by atoms with Crippen LogP contribution in [0.15, 0.2) is 24.3 Å². The first kappa shape index (κ1) is 8.55. The second-order valence-corrected chi connectivity index (χ2v) is 4.73. The number of ketones is 1. The number of nitrogens with zero attached hydrogens (tertiary/aromatic N) is 1. The zero-order chi connectivity index (χ0) is 20.8. The molecule has 2 rings (SSSR count). The predicted molar refractivity (Wildman–Crippen MR) is 86.9 cm³/mol. The molecule has 0 spiro atoms. The minimum absolute atomic E-state index is 0. The average Bonchev–Trinajstić information content (AvgIpc) is 2.63. The molecule has 0 saturated carbocycles. The molecular weight excluding hydrogens is 270 g/mol. The van der Waals surface area contributed by atoms with Crippen molar-refractivity contribution >= 4 is 18.2 Å². The Balaban J connectivity index is 0.00000392. The van der Waals surface area contributed by atoms with E-state index in [1.54, 1.807) is 24.3 Å². The van der Waals surface area contributed by atoms with Crippen molar-refractivity contribution in [2.75, 3.05) is 13.0 Å². The van der Waals surface area contributed by atoms with Crippen molar-refractivity contribution in [2.24, 2.45) is 0 Å². The lowest BCUT2D eigenvalue weighted by atomic mass is 9.97. The summed E-state index contributed by atoms with van der Waals surface area (Å²) in [7, 11) is 0. The van der Waals surface area contributed by atoms with Crippen molar-refractivity contribution in [3.8, 4) is 0 Å². The zero-order valence-corrected chi connectivity index (χ0v) is 12.6. The molecule has 3 heteroatoms. The molecule has 0 aliphatic carbocycles. The van der Waals surface area contributed by atoms with Crippen molar-refractivity contribution < 1.29 is 15.8 Å². The molecule has 1 aliphatic heterocycles. The third kappa shape index (κ3) is 4.32. The number of rotatable bonds is 6. The van der Waals surface area contributed by atoms with E-state index in [2.05, 4.69) is 0 Å². The predicted octanol–water partition coefficient (Wildman–Crippen LogP) is 4.25. The van der Waals surface area contributed by atoms with Crippen molar-refractivity contribution in [2.45, 2.75) is 51.9 Å². The Kier molecular flexibility index (Phi) is 3.60. The minimum atomic E-state index is -3.14. The second kappa shape index (κ2) is 8.43. The number of unbranched alkanes of at least 4 members (excludes halogenated alkanes) is 1. The molecular formula is C17H26ClNO. The van der Waals surface area contributed by atoms with Crippen molar-refractivity contribution in [3.63, 3.8) is 0 Å². The maximum atomic E-state index is 13.1. The summed E-state index contributed by atoms with van der Waals surface area (Å²) in [4.78, 5) is 13.6. The number of hydrogen-bond donors (Lipinski definition) is 0. The Hall–Kier alpha value is -0.860. The Morgan fingerprint density at radius 2 is 1.90 bits per heavy atom. The highest BCUT2D eigenvalue weighted by Crippen LogP contribution is 2.20. The maximum Gasteiger partial charge on any atom is 0.179 e. The summed E-state index contributed by atoms with van der Waals surface area (Å²) in [6, 6.07) is 5.26. The molecule has 1 aromatic carbocycles. The fraction of sp³-hybridized carbons (Fsp3) is 0.588. The highest BCUT2D eigenvalue weighted by Gasteiger charge is 2.28. The molecule has 112 valence electrons. The summed E-state index contributed by atoms with van der Waals surface area (Å²) in [6.07, 6.45) is -4.99. The van der Waals surface area contributed by atoms with Crippen LogP contribution in [0.1, 0.15) is 65.8 Å². The molecule has 2 nitrogen and oxygen atoms in total. The minimum Gasteiger partial charge on any atom is -0.293 e. The first-order valence-electron chi connectivity index (χ1n) is 10.6. The normalized spacial score (nSPS) is 32.7. The zero-order valence-electron chi connectivity index (χ0n) is 19.8. The lowest BCUT2D eigenvalue weighted by Gasteiger charge is -2.26. The van der Waals surface area contributed by atoms with Crippen LogP contribution in [0.5, 0.6) is 0 Å². The van der Waals surface area contributed by atoms with Gasteiger partial charge in [0.15, 0.2) is 5.78 Å². The smallest absolute Gasteiger partial charge is 0.179 e. The molecule has 1 unspecified atom stereocenters. The number of aryl methyl sites for hydroxylation is 1. The van der Waals surface area contributed by atoms with Gasteiger partial charge in [-0.3, -0.25) is 9.69 Å². The van der Waals surface area contributed by atoms with Gasteiger partial charge in [0.05, 0.1) is 6.04 Å². The fourth-order valence-corrected chi connectivity index (χ4v) is 2.05. The number of hydrogen-bond acceptors (Lipinski definition) is 2. The summed E-state index contributed by atoms with van der Waals surface area (Å²) in [5, 5.41) is 0. The number of halogens is 1. The van der Waals surface area contributed by atoms with Crippen LogP contribution < -0.4 is 0 Å². The first-order valence-corrected chi connectivity index (χ1v) is 6.63. The van der Waals surface area contributed by atoms with Crippen LogP contribution in [0, 0.1) is 6.92 Å². The molecule has 0 bridgehead atoms. The van der Waals surface area contributed by atoms with E-state index < -0.39 is 37.6 Å². The van der Waals surface area contributed by atoms with Crippen LogP contribution >= 0.6 is 12.4 Å². The van der Waals surface area contributed by atoms with Gasteiger partial charge in [0.2, 0.25) is 0 Å². The van der Waals surface area contributed by atoms with Gasteiger partial charge in [-0.15, -0.1) is 12.4 Å². The van der Waals surface area contributed by atoms with Gasteiger partial charge in [-0.25, -0.2) is 0 Å². The summed E-state index contributed by atoms with van der Waals surface area (Å²) >= 11 is 0. The molecule has 0 amide bonds. The molecule has 1 heterocycles. The standard InChI is InChI=1S/C17H25NO.ClH/c1-3-4-7-16(18-12-5-6-13-18)17(19)15-10-8-14(2)9-11-15;/h8-11,16H,3-7,12-13H2,1-2H3;1H/i5D2,6D2,12D2,13D2;. The van der Waals surface area contributed by atoms with Crippen molar-refractivity contribution in [1.82, 2.24) is 4.90 Å². The van der Waals surface area contributed by atoms with E-state index in [1.165, 1.54) is 0 Å². The van der Waals surface area contributed by atoms with Gasteiger partial charge in [-0.05, 0) is 39.1 Å². The average molecular weight is 304 g/mol. The lowest BCUT2D eigenvalue weighted by molar-refractivity contribution is 0.0835. The van der Waals surface area contributed by atoms with Crippen LogP contribution in [-0.4, -0.2) is 29.7 Å². The third-order valence-corrected chi connectivity index (χ3v) is 3.20. The van der Waals surface area contributed by atoms with Crippen molar-refractivity contribution in [1.29, 1.82) is 0 Å². The summed E-state index contributed by atoms with van der Waals surface area (Å²) in [5.74, 6) is -0.537. The van der Waals surface area contributed by atoms with Crippen molar-refractivity contribution in [3.05, 3.63) is 35.4 Å². The number of benzene rings is 1. The van der Waals surface area contributed by atoms with Gasteiger partial charge < -0.3 is 0 Å². The van der Waals surface area contributed by atoms with E-state index >= 15 is 0 Å². The van der Waals surface area contributed by atoms with E-state index in [1.807, 2.05) is 13.8 Å². The third-order valence-electron chi connectivity index (χ3n) is 3.20. The molecule has 1 fully saturated rings. The Morgan fingerprint density at radius 1 is 1.30 bits per heavy atom. The monoisotopic (exact) mass is 303 g/mol. The maximum absolute atomic E-state index is 13.1. The fourth-order valence-electron chi connectivity index (χ4n) is 2.05. The van der Waals surface area contributed by atoms with Gasteiger partial charge in [-0.2, -0.15) is 0 Å². The number of carbonyl (C=O) groups excluding carboxylic acids is 1. The van der Waals surface area contributed by atoms with Gasteiger partial charge in [0.25, 0.3) is 0 Å².